The van der Waals surface area contributed by atoms with Crippen LogP contribution in [0.5, 0.6) is 0 Å². The fraction of sp³-hybridized carbons (Fsp3) is 0.571. The molecule has 1 aliphatic rings. The van der Waals surface area contributed by atoms with E-state index in [4.69, 9.17) is 0 Å². The van der Waals surface area contributed by atoms with Gasteiger partial charge < -0.3 is 10.4 Å². The summed E-state index contributed by atoms with van der Waals surface area (Å²) < 4.78 is 27.2. The topological polar surface area (TPSA) is 32.3 Å². The Balaban J connectivity index is 2.05. The zero-order valence-corrected chi connectivity index (χ0v) is 10.5. The Morgan fingerprint density at radius 2 is 1.94 bits per heavy atom. The summed E-state index contributed by atoms with van der Waals surface area (Å²) in [4.78, 5) is 0. The van der Waals surface area contributed by atoms with Gasteiger partial charge >= 0.3 is 0 Å². The van der Waals surface area contributed by atoms with Crippen molar-refractivity contribution in [1.29, 1.82) is 0 Å². The molecule has 0 spiro atoms. The molecule has 0 aromatic heterocycles. The lowest BCUT2D eigenvalue weighted by molar-refractivity contribution is 0.109. The maximum Gasteiger partial charge on any atom is 0.130 e. The van der Waals surface area contributed by atoms with E-state index in [1.54, 1.807) is 6.92 Å². The number of aliphatic hydroxyl groups is 1. The van der Waals surface area contributed by atoms with Crippen LogP contribution in [-0.4, -0.2) is 17.3 Å². The number of rotatable bonds is 3. The Hall–Kier alpha value is -1.00. The number of nitrogens with one attached hydrogen (secondary N) is 1. The maximum absolute atomic E-state index is 13.6. The first-order chi connectivity index (χ1) is 8.58. The van der Waals surface area contributed by atoms with E-state index in [0.29, 0.717) is 6.42 Å². The van der Waals surface area contributed by atoms with Gasteiger partial charge in [0.05, 0.1) is 6.10 Å². The zero-order chi connectivity index (χ0) is 13.1. The summed E-state index contributed by atoms with van der Waals surface area (Å²) in [5.74, 6) is -1.04. The summed E-state index contributed by atoms with van der Waals surface area (Å²) in [5, 5.41) is 12.8. The Morgan fingerprint density at radius 1 is 1.28 bits per heavy atom. The standard InChI is InChI=1S/C14H19F2NO/c1-9(14-12(15)6-3-7-13(14)16)17-10-4-2-5-11(18)8-10/h3,6-7,9-11,17-18H,2,4-5,8H2,1H3. The van der Waals surface area contributed by atoms with Crippen LogP contribution in [0.2, 0.25) is 0 Å². The molecule has 0 amide bonds. The smallest absolute Gasteiger partial charge is 0.130 e. The quantitative estimate of drug-likeness (QED) is 0.870. The molecule has 3 atom stereocenters. The zero-order valence-electron chi connectivity index (χ0n) is 10.5. The third-order valence-corrected chi connectivity index (χ3v) is 3.56. The van der Waals surface area contributed by atoms with Gasteiger partial charge in [-0.25, -0.2) is 8.78 Å². The summed E-state index contributed by atoms with van der Waals surface area (Å²) in [5.41, 5.74) is 0.0811. The van der Waals surface area contributed by atoms with Crippen molar-refractivity contribution in [2.24, 2.45) is 0 Å². The molecule has 2 rings (SSSR count). The fourth-order valence-corrected chi connectivity index (χ4v) is 2.68. The van der Waals surface area contributed by atoms with E-state index in [1.807, 2.05) is 0 Å². The third kappa shape index (κ3) is 3.06. The first-order valence-corrected chi connectivity index (χ1v) is 6.46. The van der Waals surface area contributed by atoms with E-state index >= 15 is 0 Å². The number of benzene rings is 1. The molecule has 100 valence electrons. The second-order valence-electron chi connectivity index (χ2n) is 5.04. The summed E-state index contributed by atoms with van der Waals surface area (Å²) >= 11 is 0. The first-order valence-electron chi connectivity index (χ1n) is 6.46. The Morgan fingerprint density at radius 3 is 2.56 bits per heavy atom. The highest BCUT2D eigenvalue weighted by molar-refractivity contribution is 5.22. The minimum absolute atomic E-state index is 0.0811. The predicted molar refractivity (Wildman–Crippen MR) is 66.2 cm³/mol. The van der Waals surface area contributed by atoms with Gasteiger partial charge in [0.25, 0.3) is 0 Å². The maximum atomic E-state index is 13.6. The van der Waals surface area contributed by atoms with Crippen LogP contribution in [0, 0.1) is 11.6 Å². The average molecular weight is 255 g/mol. The van der Waals surface area contributed by atoms with Crippen molar-refractivity contribution in [3.05, 3.63) is 35.4 Å². The number of halogens is 2. The van der Waals surface area contributed by atoms with Crippen LogP contribution in [-0.2, 0) is 0 Å². The lowest BCUT2D eigenvalue weighted by atomic mass is 9.92. The molecule has 0 bridgehead atoms. The molecular formula is C14H19F2NO. The molecule has 3 unspecified atom stereocenters. The highest BCUT2D eigenvalue weighted by Crippen LogP contribution is 2.24. The Labute approximate surface area is 106 Å². The van der Waals surface area contributed by atoms with Crippen LogP contribution in [0.25, 0.3) is 0 Å². The van der Waals surface area contributed by atoms with Crippen LogP contribution in [0.3, 0.4) is 0 Å². The molecule has 1 saturated carbocycles. The molecule has 0 heterocycles. The third-order valence-electron chi connectivity index (χ3n) is 3.56. The second kappa shape index (κ2) is 5.76. The van der Waals surface area contributed by atoms with Crippen molar-refractivity contribution < 1.29 is 13.9 Å². The van der Waals surface area contributed by atoms with Crippen molar-refractivity contribution in [2.45, 2.75) is 50.8 Å². The molecule has 18 heavy (non-hydrogen) atoms. The van der Waals surface area contributed by atoms with Gasteiger partial charge in [-0.3, -0.25) is 0 Å². The largest absolute Gasteiger partial charge is 0.393 e. The molecule has 1 fully saturated rings. The Bertz CT molecular complexity index is 391. The predicted octanol–water partition coefficient (Wildman–Crippen LogP) is 2.92. The van der Waals surface area contributed by atoms with Gasteiger partial charge in [-0.1, -0.05) is 6.07 Å². The van der Waals surface area contributed by atoms with Gasteiger partial charge in [-0.2, -0.15) is 0 Å². The van der Waals surface area contributed by atoms with Gasteiger partial charge in [0.2, 0.25) is 0 Å². The molecule has 2 N–H and O–H groups in total. The Kier molecular flexibility index (Phi) is 4.30. The summed E-state index contributed by atoms with van der Waals surface area (Å²) in [6.45, 7) is 1.75. The number of aliphatic hydroxyl groups excluding tert-OH is 1. The molecule has 1 aromatic carbocycles. The minimum atomic E-state index is -0.522. The van der Waals surface area contributed by atoms with E-state index in [1.165, 1.54) is 18.2 Å². The van der Waals surface area contributed by atoms with Crippen molar-refractivity contribution in [3.8, 4) is 0 Å². The van der Waals surface area contributed by atoms with Gasteiger partial charge in [-0.15, -0.1) is 0 Å². The van der Waals surface area contributed by atoms with Crippen molar-refractivity contribution >= 4 is 0 Å². The van der Waals surface area contributed by atoms with Gasteiger partial charge in [-0.05, 0) is 44.7 Å². The monoisotopic (exact) mass is 255 g/mol. The van der Waals surface area contributed by atoms with E-state index in [2.05, 4.69) is 5.32 Å². The summed E-state index contributed by atoms with van der Waals surface area (Å²) in [6, 6.07) is 3.65. The van der Waals surface area contributed by atoms with Crippen molar-refractivity contribution in [3.63, 3.8) is 0 Å². The van der Waals surface area contributed by atoms with Crippen LogP contribution < -0.4 is 5.32 Å². The minimum Gasteiger partial charge on any atom is -0.393 e. The lowest BCUT2D eigenvalue weighted by Crippen LogP contribution is -2.38. The normalized spacial score (nSPS) is 26.0. The molecular weight excluding hydrogens is 236 g/mol. The molecule has 1 aromatic rings. The van der Waals surface area contributed by atoms with Crippen LogP contribution >= 0.6 is 0 Å². The van der Waals surface area contributed by atoms with Crippen LogP contribution in [0.4, 0.5) is 8.78 Å². The highest BCUT2D eigenvalue weighted by Gasteiger charge is 2.23. The number of hydrogen-bond acceptors (Lipinski definition) is 2. The van der Waals surface area contributed by atoms with Crippen LogP contribution in [0.15, 0.2) is 18.2 Å². The molecule has 0 saturated heterocycles. The summed E-state index contributed by atoms with van der Waals surface area (Å²) in [7, 11) is 0. The first kappa shape index (κ1) is 13.4. The van der Waals surface area contributed by atoms with E-state index < -0.39 is 11.6 Å². The van der Waals surface area contributed by atoms with E-state index in [0.717, 1.165) is 19.3 Å². The fourth-order valence-electron chi connectivity index (χ4n) is 2.68. The second-order valence-corrected chi connectivity index (χ2v) is 5.04. The summed E-state index contributed by atoms with van der Waals surface area (Å²) in [6.07, 6.45) is 3.07. The molecule has 2 nitrogen and oxygen atoms in total. The van der Waals surface area contributed by atoms with Crippen LogP contribution in [0.1, 0.15) is 44.2 Å². The SMILES string of the molecule is CC(NC1CCCC(O)C1)c1c(F)cccc1F. The van der Waals surface area contributed by atoms with Gasteiger partial charge in [0.1, 0.15) is 11.6 Å². The van der Waals surface area contributed by atoms with Crippen molar-refractivity contribution in [1.82, 2.24) is 5.32 Å². The van der Waals surface area contributed by atoms with Gasteiger partial charge in [0, 0.05) is 17.6 Å². The van der Waals surface area contributed by atoms with E-state index in [9.17, 15) is 13.9 Å². The number of hydrogen-bond donors (Lipinski definition) is 2. The molecule has 1 aliphatic carbocycles. The highest BCUT2D eigenvalue weighted by atomic mass is 19.1. The molecule has 0 aliphatic heterocycles. The van der Waals surface area contributed by atoms with Gasteiger partial charge in [0.15, 0.2) is 0 Å². The average Bonchev–Trinajstić information content (AvgIpc) is 2.28. The molecule has 4 heteroatoms. The van der Waals surface area contributed by atoms with E-state index in [-0.39, 0.29) is 23.8 Å². The molecule has 0 radical (unpaired) electrons. The lowest BCUT2D eigenvalue weighted by Gasteiger charge is -2.29. The van der Waals surface area contributed by atoms with Crippen molar-refractivity contribution in [2.75, 3.05) is 0 Å².